The molecule has 3 aromatic rings. The highest BCUT2D eigenvalue weighted by molar-refractivity contribution is 7.15. The van der Waals surface area contributed by atoms with Gasteiger partial charge in [-0.15, -0.1) is 11.3 Å². The average molecular weight is 287 g/mol. The summed E-state index contributed by atoms with van der Waals surface area (Å²) in [5.41, 5.74) is 1.70. The summed E-state index contributed by atoms with van der Waals surface area (Å²) in [6, 6.07) is 9.75. The first-order valence-electron chi connectivity index (χ1n) is 6.24. The number of rotatable bonds is 3. The average Bonchev–Trinajstić information content (AvgIpc) is 3.03. The van der Waals surface area contributed by atoms with Crippen molar-refractivity contribution in [2.75, 3.05) is 11.9 Å². The molecule has 5 nitrogen and oxygen atoms in total. The Bertz CT molecular complexity index is 733. The Morgan fingerprint density at radius 2 is 2.20 bits per heavy atom. The van der Waals surface area contributed by atoms with Crippen LogP contribution in [0.4, 0.5) is 10.6 Å². The van der Waals surface area contributed by atoms with Crippen LogP contribution in [0.25, 0.3) is 16.2 Å². The molecule has 0 saturated heterocycles. The van der Waals surface area contributed by atoms with E-state index in [1.807, 2.05) is 46.3 Å². The van der Waals surface area contributed by atoms with Gasteiger partial charge in [-0.1, -0.05) is 30.3 Å². The summed E-state index contributed by atoms with van der Waals surface area (Å²) in [4.78, 5) is 17.1. The van der Waals surface area contributed by atoms with Crippen LogP contribution in [0.5, 0.6) is 0 Å². The summed E-state index contributed by atoms with van der Waals surface area (Å²) in [5, 5.41) is 4.69. The molecule has 0 aliphatic carbocycles. The smallest absolute Gasteiger partial charge is 0.412 e. The molecule has 0 bridgehead atoms. The number of thiazole rings is 1. The standard InChI is InChI=1S/C14H13N3O2S/c1-2-19-14(18)16-12-11(10-6-4-3-5-7-10)15-13-17(12)8-9-20-13/h3-9H,2H2,1H3,(H,16,18). The quantitative estimate of drug-likeness (QED) is 0.800. The van der Waals surface area contributed by atoms with Crippen LogP contribution in [0.3, 0.4) is 0 Å². The first-order valence-corrected chi connectivity index (χ1v) is 7.12. The van der Waals surface area contributed by atoms with E-state index in [0.29, 0.717) is 12.4 Å². The van der Waals surface area contributed by atoms with E-state index < -0.39 is 6.09 Å². The number of hydrogen-bond acceptors (Lipinski definition) is 4. The molecule has 20 heavy (non-hydrogen) atoms. The Labute approximate surface area is 119 Å². The minimum Gasteiger partial charge on any atom is -0.450 e. The molecule has 0 radical (unpaired) electrons. The molecule has 102 valence electrons. The van der Waals surface area contributed by atoms with Crippen molar-refractivity contribution in [3.63, 3.8) is 0 Å². The van der Waals surface area contributed by atoms with Gasteiger partial charge in [-0.25, -0.2) is 9.78 Å². The van der Waals surface area contributed by atoms with Gasteiger partial charge in [0, 0.05) is 17.1 Å². The molecule has 0 saturated carbocycles. The second-order valence-corrected chi connectivity index (χ2v) is 4.95. The monoisotopic (exact) mass is 287 g/mol. The number of ether oxygens (including phenoxy) is 1. The predicted molar refractivity (Wildman–Crippen MR) is 79.1 cm³/mol. The fourth-order valence-corrected chi connectivity index (χ4v) is 2.68. The van der Waals surface area contributed by atoms with E-state index >= 15 is 0 Å². The van der Waals surface area contributed by atoms with E-state index in [2.05, 4.69) is 10.3 Å². The minimum absolute atomic E-state index is 0.331. The minimum atomic E-state index is -0.474. The van der Waals surface area contributed by atoms with Gasteiger partial charge in [-0.05, 0) is 6.92 Å². The largest absolute Gasteiger partial charge is 0.450 e. The molecule has 2 heterocycles. The topological polar surface area (TPSA) is 55.6 Å². The number of imidazole rings is 1. The Morgan fingerprint density at radius 1 is 1.40 bits per heavy atom. The molecule has 2 aromatic heterocycles. The second-order valence-electron chi connectivity index (χ2n) is 4.08. The summed E-state index contributed by atoms with van der Waals surface area (Å²) in [7, 11) is 0. The van der Waals surface area contributed by atoms with Crippen LogP contribution < -0.4 is 5.32 Å². The highest BCUT2D eigenvalue weighted by atomic mass is 32.1. The van der Waals surface area contributed by atoms with E-state index in [1.54, 1.807) is 6.92 Å². The van der Waals surface area contributed by atoms with Gasteiger partial charge in [0.2, 0.25) is 0 Å². The molecule has 0 atom stereocenters. The van der Waals surface area contributed by atoms with Crippen LogP contribution in [0, 0.1) is 0 Å². The van der Waals surface area contributed by atoms with Crippen molar-refractivity contribution in [1.82, 2.24) is 9.38 Å². The highest BCUT2D eigenvalue weighted by Crippen LogP contribution is 2.30. The van der Waals surface area contributed by atoms with E-state index in [0.717, 1.165) is 16.2 Å². The van der Waals surface area contributed by atoms with E-state index in [-0.39, 0.29) is 0 Å². The van der Waals surface area contributed by atoms with Crippen molar-refractivity contribution in [3.05, 3.63) is 41.9 Å². The summed E-state index contributed by atoms with van der Waals surface area (Å²) in [5.74, 6) is 0.630. The fraction of sp³-hybridized carbons (Fsp3) is 0.143. The Kier molecular flexibility index (Phi) is 3.39. The third-order valence-electron chi connectivity index (χ3n) is 2.81. The van der Waals surface area contributed by atoms with Gasteiger partial charge >= 0.3 is 6.09 Å². The van der Waals surface area contributed by atoms with E-state index in [1.165, 1.54) is 11.3 Å². The Hall–Kier alpha value is -2.34. The zero-order valence-corrected chi connectivity index (χ0v) is 11.7. The van der Waals surface area contributed by atoms with Crippen molar-refractivity contribution in [1.29, 1.82) is 0 Å². The number of carbonyl (C=O) groups is 1. The normalized spacial score (nSPS) is 10.7. The molecule has 1 N–H and O–H groups in total. The molecular weight excluding hydrogens is 274 g/mol. The van der Waals surface area contributed by atoms with Gasteiger partial charge in [0.05, 0.1) is 6.61 Å². The molecule has 6 heteroatoms. The van der Waals surface area contributed by atoms with Crippen molar-refractivity contribution in [2.45, 2.75) is 6.92 Å². The first kappa shape index (κ1) is 12.7. The van der Waals surface area contributed by atoms with Gasteiger partial charge < -0.3 is 4.74 Å². The summed E-state index contributed by atoms with van der Waals surface area (Å²) >= 11 is 1.52. The molecule has 0 aliphatic rings. The van der Waals surface area contributed by atoms with E-state index in [9.17, 15) is 4.79 Å². The number of aromatic nitrogens is 2. The zero-order valence-electron chi connectivity index (χ0n) is 10.9. The van der Waals surface area contributed by atoms with Crippen LogP contribution in [-0.4, -0.2) is 22.1 Å². The van der Waals surface area contributed by atoms with Crippen molar-refractivity contribution < 1.29 is 9.53 Å². The molecule has 0 fully saturated rings. The second kappa shape index (κ2) is 5.34. The van der Waals surface area contributed by atoms with Crippen LogP contribution >= 0.6 is 11.3 Å². The maximum atomic E-state index is 11.7. The lowest BCUT2D eigenvalue weighted by Gasteiger charge is -2.06. The highest BCUT2D eigenvalue weighted by Gasteiger charge is 2.17. The number of benzene rings is 1. The lowest BCUT2D eigenvalue weighted by molar-refractivity contribution is 0.168. The van der Waals surface area contributed by atoms with Gasteiger partial charge in [-0.2, -0.15) is 0 Å². The number of fused-ring (bicyclic) bond motifs is 1. The maximum Gasteiger partial charge on any atom is 0.412 e. The Balaban J connectivity index is 2.07. The molecule has 0 unspecified atom stereocenters. The lowest BCUT2D eigenvalue weighted by Crippen LogP contribution is -2.15. The third kappa shape index (κ3) is 2.25. The third-order valence-corrected chi connectivity index (χ3v) is 3.56. The van der Waals surface area contributed by atoms with Crippen molar-refractivity contribution in [3.8, 4) is 11.3 Å². The number of nitrogens with zero attached hydrogens (tertiary/aromatic N) is 2. The summed E-state index contributed by atoms with van der Waals surface area (Å²) in [6.07, 6.45) is 1.40. The number of nitrogens with one attached hydrogen (secondary N) is 1. The Morgan fingerprint density at radius 3 is 2.95 bits per heavy atom. The fourth-order valence-electron chi connectivity index (χ4n) is 1.97. The van der Waals surface area contributed by atoms with Gasteiger partial charge in [0.1, 0.15) is 11.5 Å². The number of amides is 1. The summed E-state index contributed by atoms with van der Waals surface area (Å²) < 4.78 is 6.79. The van der Waals surface area contributed by atoms with Crippen LogP contribution in [0.15, 0.2) is 41.9 Å². The first-order chi connectivity index (χ1) is 9.79. The van der Waals surface area contributed by atoms with Crippen molar-refractivity contribution in [2.24, 2.45) is 0 Å². The van der Waals surface area contributed by atoms with Gasteiger partial charge in [0.15, 0.2) is 4.96 Å². The molecular formula is C14H13N3O2S. The SMILES string of the molecule is CCOC(=O)Nc1c(-c2ccccc2)nc2sccn12. The van der Waals surface area contributed by atoms with Crippen LogP contribution in [0.1, 0.15) is 6.92 Å². The molecule has 0 aliphatic heterocycles. The van der Waals surface area contributed by atoms with Crippen molar-refractivity contribution >= 4 is 28.2 Å². The molecule has 1 aromatic carbocycles. The summed E-state index contributed by atoms with van der Waals surface area (Å²) in [6.45, 7) is 2.10. The maximum absolute atomic E-state index is 11.7. The number of hydrogen-bond donors (Lipinski definition) is 1. The van der Waals surface area contributed by atoms with E-state index in [4.69, 9.17) is 4.74 Å². The van der Waals surface area contributed by atoms with Crippen LogP contribution in [-0.2, 0) is 4.74 Å². The van der Waals surface area contributed by atoms with Gasteiger partial charge in [-0.3, -0.25) is 9.72 Å². The number of carbonyl (C=O) groups excluding carboxylic acids is 1. The molecule has 0 spiro atoms. The predicted octanol–water partition coefficient (Wildman–Crippen LogP) is 3.63. The molecule has 1 amide bonds. The lowest BCUT2D eigenvalue weighted by atomic mass is 10.1. The van der Waals surface area contributed by atoms with Gasteiger partial charge in [0.25, 0.3) is 0 Å². The molecule has 3 rings (SSSR count). The number of anilines is 1. The van der Waals surface area contributed by atoms with Crippen LogP contribution in [0.2, 0.25) is 0 Å². The zero-order chi connectivity index (χ0) is 13.9.